The highest BCUT2D eigenvalue weighted by Gasteiger charge is 2.24. The third kappa shape index (κ3) is 3.95. The Labute approximate surface area is 139 Å². The minimum atomic E-state index is -0.494. The molecule has 2 N–H and O–H groups in total. The standard InChI is InChI=1S/C18H18FN3O2/c19-14-4-1-3-12(9-14)10-15-11-13(6-8-20-15)17(23)22-16-5-2-7-21-18(16)24/h1,3-4,6,8-9,11,16H,2,5,7,10H2,(H,21,24)(H,22,23)/t16-/m1/s1. The number of rotatable bonds is 4. The first-order valence-corrected chi connectivity index (χ1v) is 7.90. The Bertz CT molecular complexity index is 763. The van der Waals surface area contributed by atoms with Crippen LogP contribution < -0.4 is 10.6 Å². The van der Waals surface area contributed by atoms with Gasteiger partial charge in [-0.15, -0.1) is 0 Å². The van der Waals surface area contributed by atoms with Crippen LogP contribution in [0.2, 0.25) is 0 Å². The predicted molar refractivity (Wildman–Crippen MR) is 86.9 cm³/mol. The lowest BCUT2D eigenvalue weighted by molar-refractivity contribution is -0.124. The molecule has 2 amide bonds. The molecule has 1 atom stereocenters. The van der Waals surface area contributed by atoms with Gasteiger partial charge in [-0.2, -0.15) is 0 Å². The quantitative estimate of drug-likeness (QED) is 0.900. The van der Waals surface area contributed by atoms with E-state index in [9.17, 15) is 14.0 Å². The molecule has 1 saturated heterocycles. The van der Waals surface area contributed by atoms with E-state index in [0.29, 0.717) is 30.6 Å². The summed E-state index contributed by atoms with van der Waals surface area (Å²) in [5.41, 5.74) is 1.89. The van der Waals surface area contributed by atoms with Crippen molar-refractivity contribution < 1.29 is 14.0 Å². The monoisotopic (exact) mass is 327 g/mol. The summed E-state index contributed by atoms with van der Waals surface area (Å²) in [6, 6.07) is 9.06. The van der Waals surface area contributed by atoms with Gasteiger partial charge >= 0.3 is 0 Å². The second-order valence-electron chi connectivity index (χ2n) is 5.80. The molecule has 0 radical (unpaired) electrons. The molecule has 124 valence electrons. The lowest BCUT2D eigenvalue weighted by Crippen LogP contribution is -2.50. The van der Waals surface area contributed by atoms with Gasteiger partial charge in [-0.3, -0.25) is 14.6 Å². The van der Waals surface area contributed by atoms with Crippen molar-refractivity contribution in [2.75, 3.05) is 6.54 Å². The summed E-state index contributed by atoms with van der Waals surface area (Å²) in [7, 11) is 0. The summed E-state index contributed by atoms with van der Waals surface area (Å²) in [5, 5.41) is 5.48. The van der Waals surface area contributed by atoms with Crippen molar-refractivity contribution in [1.29, 1.82) is 0 Å². The molecule has 6 heteroatoms. The Balaban J connectivity index is 1.70. The number of aromatic nitrogens is 1. The van der Waals surface area contributed by atoms with Crippen LogP contribution in [-0.2, 0) is 11.2 Å². The highest BCUT2D eigenvalue weighted by molar-refractivity contribution is 5.97. The summed E-state index contributed by atoms with van der Waals surface area (Å²) < 4.78 is 13.3. The Kier molecular flexibility index (Phi) is 4.84. The Morgan fingerprint density at radius 1 is 1.33 bits per heavy atom. The molecule has 2 aromatic rings. The van der Waals surface area contributed by atoms with Gasteiger partial charge in [0, 0.05) is 30.4 Å². The van der Waals surface area contributed by atoms with Crippen molar-refractivity contribution in [2.24, 2.45) is 0 Å². The predicted octanol–water partition coefficient (Wildman–Crippen LogP) is 1.82. The van der Waals surface area contributed by atoms with Crippen molar-refractivity contribution in [3.8, 4) is 0 Å². The molecule has 24 heavy (non-hydrogen) atoms. The summed E-state index contributed by atoms with van der Waals surface area (Å²) in [6.45, 7) is 0.651. The van der Waals surface area contributed by atoms with Crippen molar-refractivity contribution >= 4 is 11.8 Å². The molecule has 5 nitrogen and oxygen atoms in total. The largest absolute Gasteiger partial charge is 0.354 e. The molecule has 1 aliphatic heterocycles. The Morgan fingerprint density at radius 3 is 3.00 bits per heavy atom. The Hall–Kier alpha value is -2.76. The molecule has 0 unspecified atom stereocenters. The number of hydrogen-bond donors (Lipinski definition) is 2. The summed E-state index contributed by atoms with van der Waals surface area (Å²) >= 11 is 0. The summed E-state index contributed by atoms with van der Waals surface area (Å²) in [4.78, 5) is 28.3. The first-order chi connectivity index (χ1) is 11.6. The van der Waals surface area contributed by atoms with E-state index >= 15 is 0 Å². The molecular weight excluding hydrogens is 309 g/mol. The van der Waals surface area contributed by atoms with Gasteiger partial charge in [0.05, 0.1) is 0 Å². The third-order valence-electron chi connectivity index (χ3n) is 3.94. The van der Waals surface area contributed by atoms with E-state index in [4.69, 9.17) is 0 Å². The SMILES string of the molecule is O=C(N[C@@H]1CCCNC1=O)c1ccnc(Cc2cccc(F)c2)c1. The van der Waals surface area contributed by atoms with E-state index in [0.717, 1.165) is 12.0 Å². The number of nitrogens with one attached hydrogen (secondary N) is 2. The molecule has 1 aromatic carbocycles. The number of amides is 2. The minimum Gasteiger partial charge on any atom is -0.354 e. The second kappa shape index (κ2) is 7.21. The normalized spacial score (nSPS) is 17.2. The molecular formula is C18H18FN3O2. The maximum Gasteiger partial charge on any atom is 0.252 e. The van der Waals surface area contributed by atoms with Crippen LogP contribution in [0.25, 0.3) is 0 Å². The van der Waals surface area contributed by atoms with Gasteiger partial charge in [0.2, 0.25) is 5.91 Å². The van der Waals surface area contributed by atoms with E-state index in [1.165, 1.54) is 12.1 Å². The first kappa shape index (κ1) is 16.1. The van der Waals surface area contributed by atoms with Crippen LogP contribution in [0.3, 0.4) is 0 Å². The van der Waals surface area contributed by atoms with Gasteiger partial charge in [-0.05, 0) is 42.7 Å². The van der Waals surface area contributed by atoms with E-state index in [1.807, 2.05) is 6.07 Å². The molecule has 2 heterocycles. The fourth-order valence-corrected chi connectivity index (χ4v) is 2.72. The van der Waals surface area contributed by atoms with Crippen LogP contribution in [0.1, 0.15) is 34.5 Å². The van der Waals surface area contributed by atoms with Gasteiger partial charge in [0.25, 0.3) is 5.91 Å². The van der Waals surface area contributed by atoms with Crippen molar-refractivity contribution in [1.82, 2.24) is 15.6 Å². The number of nitrogens with zero attached hydrogens (tertiary/aromatic N) is 1. The number of benzene rings is 1. The number of halogens is 1. The highest BCUT2D eigenvalue weighted by Crippen LogP contribution is 2.11. The molecule has 0 aliphatic carbocycles. The van der Waals surface area contributed by atoms with Crippen LogP contribution in [-0.4, -0.2) is 29.4 Å². The van der Waals surface area contributed by atoms with Crippen molar-refractivity contribution in [3.63, 3.8) is 0 Å². The lowest BCUT2D eigenvalue weighted by atomic mass is 10.1. The van der Waals surface area contributed by atoms with Crippen LogP contribution in [0.15, 0.2) is 42.6 Å². The molecule has 1 fully saturated rings. The van der Waals surface area contributed by atoms with E-state index in [1.54, 1.807) is 24.4 Å². The fourth-order valence-electron chi connectivity index (χ4n) is 2.72. The zero-order valence-electron chi connectivity index (χ0n) is 13.1. The number of pyridine rings is 1. The fraction of sp³-hybridized carbons (Fsp3) is 0.278. The summed E-state index contributed by atoms with van der Waals surface area (Å²) in [6.07, 6.45) is 3.46. The number of carbonyl (C=O) groups is 2. The van der Waals surface area contributed by atoms with Gasteiger partial charge in [0.15, 0.2) is 0 Å². The van der Waals surface area contributed by atoms with Gasteiger partial charge in [-0.1, -0.05) is 12.1 Å². The maximum atomic E-state index is 13.3. The van der Waals surface area contributed by atoms with E-state index in [2.05, 4.69) is 15.6 Å². The molecule has 1 aromatic heterocycles. The maximum absolute atomic E-state index is 13.3. The van der Waals surface area contributed by atoms with Crippen molar-refractivity contribution in [2.45, 2.75) is 25.3 Å². The smallest absolute Gasteiger partial charge is 0.252 e. The summed E-state index contributed by atoms with van der Waals surface area (Å²) in [5.74, 6) is -0.756. The average molecular weight is 327 g/mol. The van der Waals surface area contributed by atoms with Crippen LogP contribution in [0.4, 0.5) is 4.39 Å². The molecule has 0 bridgehead atoms. The topological polar surface area (TPSA) is 71.1 Å². The van der Waals surface area contributed by atoms with Crippen molar-refractivity contribution in [3.05, 3.63) is 65.2 Å². The van der Waals surface area contributed by atoms with Crippen LogP contribution in [0, 0.1) is 5.82 Å². The van der Waals surface area contributed by atoms with Gasteiger partial charge in [-0.25, -0.2) is 4.39 Å². The minimum absolute atomic E-state index is 0.149. The zero-order chi connectivity index (χ0) is 16.9. The zero-order valence-corrected chi connectivity index (χ0v) is 13.1. The average Bonchev–Trinajstić information content (AvgIpc) is 2.57. The van der Waals surface area contributed by atoms with Crippen LogP contribution >= 0.6 is 0 Å². The number of piperidine rings is 1. The van der Waals surface area contributed by atoms with Crippen LogP contribution in [0.5, 0.6) is 0 Å². The molecule has 0 saturated carbocycles. The first-order valence-electron chi connectivity index (χ1n) is 7.90. The van der Waals surface area contributed by atoms with E-state index < -0.39 is 6.04 Å². The second-order valence-corrected chi connectivity index (χ2v) is 5.80. The number of carbonyl (C=O) groups excluding carboxylic acids is 2. The highest BCUT2D eigenvalue weighted by atomic mass is 19.1. The van der Waals surface area contributed by atoms with Gasteiger partial charge in [0.1, 0.15) is 11.9 Å². The third-order valence-corrected chi connectivity index (χ3v) is 3.94. The van der Waals surface area contributed by atoms with Gasteiger partial charge < -0.3 is 10.6 Å². The molecule has 1 aliphatic rings. The molecule has 3 rings (SSSR count). The lowest BCUT2D eigenvalue weighted by Gasteiger charge is -2.22. The van der Waals surface area contributed by atoms with E-state index in [-0.39, 0.29) is 17.6 Å². The number of hydrogen-bond acceptors (Lipinski definition) is 3. The molecule has 0 spiro atoms. The Morgan fingerprint density at radius 2 is 2.21 bits per heavy atom.